The minimum Gasteiger partial charge on any atom is -0.198 e. The van der Waals surface area contributed by atoms with Crippen LogP contribution in [0, 0.1) is 34.5 Å². The lowest BCUT2D eigenvalue weighted by Crippen LogP contribution is -2.30. The van der Waals surface area contributed by atoms with E-state index in [1.807, 2.05) is 0 Å². The van der Waals surface area contributed by atoms with Crippen molar-refractivity contribution in [3.63, 3.8) is 0 Å². The molecule has 0 N–H and O–H groups in total. The van der Waals surface area contributed by atoms with Gasteiger partial charge in [-0.25, -0.2) is 0 Å². The third-order valence-corrected chi connectivity index (χ3v) is 4.36. The lowest BCUT2D eigenvalue weighted by molar-refractivity contribution is 0.126. The van der Waals surface area contributed by atoms with Crippen LogP contribution in [0.15, 0.2) is 0 Å². The van der Waals surface area contributed by atoms with Crippen LogP contribution in [-0.2, 0) is 0 Å². The molecule has 2 aliphatic rings. The fraction of sp³-hybridized carbons (Fsp3) is 0.909. The molecule has 2 bridgehead atoms. The standard InChI is InChI=1S/C11H17N/c1-11(2)9-4-3-8(7-9)10(11)5-6-12/h8-10H,3-5,7H2,1-2H3/t8-,9+,10-/m1/s1. The highest BCUT2D eigenvalue weighted by Gasteiger charge is 2.52. The number of fused-ring (bicyclic) bond motifs is 2. The first kappa shape index (κ1) is 8.10. The molecule has 0 saturated heterocycles. The van der Waals surface area contributed by atoms with E-state index in [1.165, 1.54) is 19.3 Å². The maximum absolute atomic E-state index is 8.74. The van der Waals surface area contributed by atoms with E-state index in [1.54, 1.807) is 0 Å². The highest BCUT2D eigenvalue weighted by atomic mass is 14.6. The molecule has 12 heavy (non-hydrogen) atoms. The minimum absolute atomic E-state index is 0.457. The van der Waals surface area contributed by atoms with Crippen molar-refractivity contribution in [3.05, 3.63) is 0 Å². The van der Waals surface area contributed by atoms with Crippen molar-refractivity contribution in [1.82, 2.24) is 0 Å². The van der Waals surface area contributed by atoms with E-state index in [0.29, 0.717) is 11.3 Å². The summed E-state index contributed by atoms with van der Waals surface area (Å²) in [5, 5.41) is 8.74. The van der Waals surface area contributed by atoms with Gasteiger partial charge in [-0.2, -0.15) is 5.26 Å². The summed E-state index contributed by atoms with van der Waals surface area (Å²) in [4.78, 5) is 0. The van der Waals surface area contributed by atoms with Gasteiger partial charge in [-0.15, -0.1) is 0 Å². The Labute approximate surface area is 74.8 Å². The highest BCUT2D eigenvalue weighted by molar-refractivity contribution is 5.03. The molecule has 0 aromatic heterocycles. The van der Waals surface area contributed by atoms with Crippen molar-refractivity contribution in [3.8, 4) is 6.07 Å². The Bertz CT molecular complexity index is 224. The van der Waals surface area contributed by atoms with Crippen LogP contribution in [0.1, 0.15) is 39.5 Å². The van der Waals surface area contributed by atoms with Crippen LogP contribution >= 0.6 is 0 Å². The number of nitriles is 1. The van der Waals surface area contributed by atoms with E-state index in [4.69, 9.17) is 5.26 Å². The van der Waals surface area contributed by atoms with Crippen molar-refractivity contribution in [2.75, 3.05) is 0 Å². The smallest absolute Gasteiger partial charge is 0.0624 e. The molecular weight excluding hydrogens is 146 g/mol. The lowest BCUT2D eigenvalue weighted by Gasteiger charge is -2.37. The molecule has 0 aromatic rings. The molecule has 2 rings (SSSR count). The second kappa shape index (κ2) is 2.49. The maximum Gasteiger partial charge on any atom is 0.0624 e. The molecule has 0 radical (unpaired) electrons. The van der Waals surface area contributed by atoms with Crippen LogP contribution < -0.4 is 0 Å². The Morgan fingerprint density at radius 2 is 2.17 bits per heavy atom. The van der Waals surface area contributed by atoms with Gasteiger partial charge < -0.3 is 0 Å². The molecule has 0 aliphatic heterocycles. The zero-order chi connectivity index (χ0) is 8.77. The molecule has 66 valence electrons. The van der Waals surface area contributed by atoms with Gasteiger partial charge in [0.1, 0.15) is 0 Å². The highest BCUT2D eigenvalue weighted by Crippen LogP contribution is 2.60. The first-order valence-corrected chi connectivity index (χ1v) is 5.03. The average Bonchev–Trinajstić information content (AvgIpc) is 2.53. The number of hydrogen-bond donors (Lipinski definition) is 0. The van der Waals surface area contributed by atoms with Gasteiger partial charge in [-0.05, 0) is 42.4 Å². The monoisotopic (exact) mass is 163 g/mol. The first-order chi connectivity index (χ1) is 5.66. The Hall–Kier alpha value is -0.510. The van der Waals surface area contributed by atoms with E-state index >= 15 is 0 Å². The average molecular weight is 163 g/mol. The molecule has 1 heteroatoms. The maximum atomic E-state index is 8.74. The fourth-order valence-corrected chi connectivity index (χ4v) is 3.50. The van der Waals surface area contributed by atoms with Crippen LogP contribution in [-0.4, -0.2) is 0 Å². The second-order valence-corrected chi connectivity index (χ2v) is 5.06. The van der Waals surface area contributed by atoms with Crippen LogP contribution in [0.2, 0.25) is 0 Å². The van der Waals surface area contributed by atoms with Gasteiger partial charge in [0.25, 0.3) is 0 Å². The Kier molecular flexibility index (Phi) is 1.68. The summed E-state index contributed by atoms with van der Waals surface area (Å²) in [6, 6.07) is 2.35. The Morgan fingerprint density at radius 1 is 1.42 bits per heavy atom. The summed E-state index contributed by atoms with van der Waals surface area (Å²) in [7, 11) is 0. The van der Waals surface area contributed by atoms with Crippen molar-refractivity contribution in [1.29, 1.82) is 5.26 Å². The van der Waals surface area contributed by atoms with Crippen LogP contribution in [0.25, 0.3) is 0 Å². The zero-order valence-corrected chi connectivity index (χ0v) is 8.01. The Balaban J connectivity index is 2.18. The second-order valence-electron chi connectivity index (χ2n) is 5.06. The quantitative estimate of drug-likeness (QED) is 0.583. The van der Waals surface area contributed by atoms with Crippen LogP contribution in [0.3, 0.4) is 0 Å². The summed E-state index contributed by atoms with van der Waals surface area (Å²) < 4.78 is 0. The van der Waals surface area contributed by atoms with Gasteiger partial charge in [0, 0.05) is 6.42 Å². The molecule has 2 fully saturated rings. The first-order valence-electron chi connectivity index (χ1n) is 5.03. The third-order valence-electron chi connectivity index (χ3n) is 4.36. The lowest BCUT2D eigenvalue weighted by atomic mass is 9.68. The zero-order valence-electron chi connectivity index (χ0n) is 8.01. The van der Waals surface area contributed by atoms with Crippen molar-refractivity contribution in [2.24, 2.45) is 23.2 Å². The molecular formula is C11H17N. The molecule has 0 heterocycles. The summed E-state index contributed by atoms with van der Waals surface area (Å²) >= 11 is 0. The van der Waals surface area contributed by atoms with Crippen molar-refractivity contribution < 1.29 is 0 Å². The van der Waals surface area contributed by atoms with Gasteiger partial charge in [0.05, 0.1) is 6.07 Å². The predicted molar refractivity (Wildman–Crippen MR) is 48.3 cm³/mol. The molecule has 0 spiro atoms. The fourth-order valence-electron chi connectivity index (χ4n) is 3.50. The molecule has 2 aliphatic carbocycles. The van der Waals surface area contributed by atoms with Gasteiger partial charge >= 0.3 is 0 Å². The summed E-state index contributed by atoms with van der Waals surface area (Å²) in [6.07, 6.45) is 4.99. The summed E-state index contributed by atoms with van der Waals surface area (Å²) in [6.45, 7) is 4.72. The molecule has 0 amide bonds. The molecule has 0 aromatic carbocycles. The van der Waals surface area contributed by atoms with Crippen LogP contribution in [0.4, 0.5) is 0 Å². The predicted octanol–water partition coefficient (Wildman–Crippen LogP) is 2.97. The van der Waals surface area contributed by atoms with Gasteiger partial charge in [0.2, 0.25) is 0 Å². The van der Waals surface area contributed by atoms with Gasteiger partial charge in [0.15, 0.2) is 0 Å². The van der Waals surface area contributed by atoms with E-state index < -0.39 is 0 Å². The largest absolute Gasteiger partial charge is 0.198 e. The van der Waals surface area contributed by atoms with Crippen LogP contribution in [0.5, 0.6) is 0 Å². The summed E-state index contributed by atoms with van der Waals surface area (Å²) in [5.74, 6) is 2.49. The van der Waals surface area contributed by atoms with E-state index in [2.05, 4.69) is 19.9 Å². The van der Waals surface area contributed by atoms with E-state index in [9.17, 15) is 0 Å². The number of nitrogens with zero attached hydrogens (tertiary/aromatic N) is 1. The topological polar surface area (TPSA) is 23.8 Å². The van der Waals surface area contributed by atoms with E-state index in [0.717, 1.165) is 18.3 Å². The molecule has 0 unspecified atom stereocenters. The van der Waals surface area contributed by atoms with Crippen molar-refractivity contribution >= 4 is 0 Å². The van der Waals surface area contributed by atoms with Gasteiger partial charge in [-0.3, -0.25) is 0 Å². The number of hydrogen-bond acceptors (Lipinski definition) is 1. The SMILES string of the molecule is CC1(C)[C@H]2CC[C@H](C2)[C@H]1CC#N. The normalized spacial score (nSPS) is 42.9. The van der Waals surface area contributed by atoms with Crippen molar-refractivity contribution in [2.45, 2.75) is 39.5 Å². The number of rotatable bonds is 1. The van der Waals surface area contributed by atoms with Gasteiger partial charge in [-0.1, -0.05) is 13.8 Å². The third kappa shape index (κ3) is 0.905. The van der Waals surface area contributed by atoms with E-state index in [-0.39, 0.29) is 0 Å². The minimum atomic E-state index is 0.457. The Morgan fingerprint density at radius 3 is 2.67 bits per heavy atom. The molecule has 2 saturated carbocycles. The summed E-state index contributed by atoms with van der Waals surface area (Å²) in [5.41, 5.74) is 0.457. The molecule has 1 nitrogen and oxygen atoms in total. The molecule has 3 atom stereocenters.